The Morgan fingerprint density at radius 2 is 2.06 bits per heavy atom. The molecule has 0 bridgehead atoms. The van der Waals surface area contributed by atoms with Gasteiger partial charge in [0.15, 0.2) is 5.69 Å². The van der Waals surface area contributed by atoms with E-state index in [9.17, 15) is 4.79 Å². The number of nitrogens with zero attached hydrogens (tertiary/aromatic N) is 4. The first kappa shape index (κ1) is 19.3. The predicted molar refractivity (Wildman–Crippen MR) is 118 cm³/mol. The highest BCUT2D eigenvalue weighted by Crippen LogP contribution is 2.29. The third-order valence-corrected chi connectivity index (χ3v) is 5.60. The van der Waals surface area contributed by atoms with Gasteiger partial charge in [0.25, 0.3) is 5.91 Å². The second-order valence-corrected chi connectivity index (χ2v) is 7.58. The Balaban J connectivity index is 1.45. The molecule has 0 radical (unpaired) electrons. The van der Waals surface area contributed by atoms with Crippen molar-refractivity contribution in [1.29, 1.82) is 0 Å². The van der Waals surface area contributed by atoms with E-state index in [1.165, 1.54) is 0 Å². The fourth-order valence-corrected chi connectivity index (χ4v) is 3.72. The number of hydrogen-bond donors (Lipinski definition) is 3. The molecular weight excluding hydrogens is 394 g/mol. The summed E-state index contributed by atoms with van der Waals surface area (Å²) in [5.74, 6) is 0.657. The quantitative estimate of drug-likeness (QED) is 0.471. The summed E-state index contributed by atoms with van der Waals surface area (Å²) in [5, 5.41) is 10.7. The molecular formula is C22H23N7O2. The van der Waals surface area contributed by atoms with Gasteiger partial charge in [0.05, 0.1) is 30.8 Å². The zero-order valence-electron chi connectivity index (χ0n) is 17.4. The van der Waals surface area contributed by atoms with Crippen LogP contribution in [0.1, 0.15) is 21.7 Å². The van der Waals surface area contributed by atoms with Gasteiger partial charge in [-0.1, -0.05) is 6.07 Å². The zero-order chi connectivity index (χ0) is 21.4. The van der Waals surface area contributed by atoms with E-state index in [1.54, 1.807) is 6.20 Å². The average molecular weight is 417 g/mol. The number of nitrogens with one attached hydrogen (secondary N) is 3. The molecule has 4 aromatic rings. The lowest BCUT2D eigenvalue weighted by Crippen LogP contribution is -2.36. The number of pyridine rings is 2. The number of carbonyl (C=O) groups excluding carboxylic acids is 1. The second-order valence-electron chi connectivity index (χ2n) is 7.58. The van der Waals surface area contributed by atoms with E-state index in [0.717, 1.165) is 52.5 Å². The Kier molecular flexibility index (Phi) is 4.87. The highest BCUT2D eigenvalue weighted by atomic mass is 16.5. The fraction of sp³-hybridized carbons (Fsp3) is 0.273. The van der Waals surface area contributed by atoms with Crippen LogP contribution in [0.15, 0.2) is 36.7 Å². The van der Waals surface area contributed by atoms with Crippen LogP contribution in [-0.2, 0) is 4.74 Å². The summed E-state index contributed by atoms with van der Waals surface area (Å²) < 4.78 is 5.44. The molecule has 9 heteroatoms. The van der Waals surface area contributed by atoms with Crippen LogP contribution in [0.5, 0.6) is 0 Å². The van der Waals surface area contributed by atoms with Crippen LogP contribution in [-0.4, -0.2) is 57.4 Å². The average Bonchev–Trinajstić information content (AvgIpc) is 3.37. The molecule has 0 spiro atoms. The Hall–Kier alpha value is -3.72. The van der Waals surface area contributed by atoms with Crippen molar-refractivity contribution in [3.63, 3.8) is 0 Å². The number of carbonyl (C=O) groups is 1. The maximum atomic E-state index is 12.6. The van der Waals surface area contributed by atoms with E-state index < -0.39 is 0 Å². The molecule has 31 heavy (non-hydrogen) atoms. The van der Waals surface area contributed by atoms with E-state index in [4.69, 9.17) is 9.72 Å². The number of aromatic nitrogens is 5. The van der Waals surface area contributed by atoms with Crippen molar-refractivity contribution >= 4 is 28.4 Å². The molecule has 5 heterocycles. The largest absolute Gasteiger partial charge is 0.378 e. The maximum absolute atomic E-state index is 12.6. The van der Waals surface area contributed by atoms with Crippen molar-refractivity contribution in [2.45, 2.75) is 13.8 Å². The van der Waals surface area contributed by atoms with Crippen molar-refractivity contribution in [3.8, 4) is 11.3 Å². The van der Waals surface area contributed by atoms with Crippen LogP contribution in [0.4, 0.5) is 11.5 Å². The third-order valence-electron chi connectivity index (χ3n) is 5.60. The smallest absolute Gasteiger partial charge is 0.276 e. The van der Waals surface area contributed by atoms with E-state index >= 15 is 0 Å². The molecule has 9 nitrogen and oxygen atoms in total. The minimum atomic E-state index is -0.271. The number of rotatable bonds is 4. The topological polar surface area (TPSA) is 112 Å². The monoisotopic (exact) mass is 417 g/mol. The first-order valence-electron chi connectivity index (χ1n) is 10.2. The first-order chi connectivity index (χ1) is 15.1. The van der Waals surface area contributed by atoms with E-state index in [-0.39, 0.29) is 5.91 Å². The molecule has 3 N–H and O–H groups in total. The summed E-state index contributed by atoms with van der Waals surface area (Å²) in [7, 11) is 0. The summed E-state index contributed by atoms with van der Waals surface area (Å²) in [6, 6.07) is 7.91. The van der Waals surface area contributed by atoms with Crippen LogP contribution >= 0.6 is 0 Å². The molecule has 5 rings (SSSR count). The minimum Gasteiger partial charge on any atom is -0.378 e. The standard InChI is InChI=1S/C22H23N7O2/c1-13-14(2)27-28-20(13)22(30)25-15-10-16-17(12-24-21(16)23-11-15)18-4-3-5-19(26-18)29-6-8-31-9-7-29/h3-5,10-12H,6-9H2,1-2H3,(H,23,24)(H,25,30)(H,27,28). The summed E-state index contributed by atoms with van der Waals surface area (Å²) in [4.78, 5) is 27.4. The lowest BCUT2D eigenvalue weighted by Gasteiger charge is -2.28. The van der Waals surface area contributed by atoms with Gasteiger partial charge in [-0.25, -0.2) is 9.97 Å². The van der Waals surface area contributed by atoms with Crippen LogP contribution in [0, 0.1) is 13.8 Å². The minimum absolute atomic E-state index is 0.271. The lowest BCUT2D eigenvalue weighted by atomic mass is 10.1. The molecule has 0 saturated carbocycles. The molecule has 1 aliphatic rings. The van der Waals surface area contributed by atoms with Crippen molar-refractivity contribution < 1.29 is 9.53 Å². The normalized spacial score (nSPS) is 14.2. The number of H-pyrrole nitrogens is 2. The van der Waals surface area contributed by atoms with Gasteiger partial charge < -0.3 is 19.9 Å². The SMILES string of the molecule is Cc1[nH]nc(C(=O)Nc2cnc3[nH]cc(-c4cccc(N5CCOCC5)n4)c3c2)c1C. The van der Waals surface area contributed by atoms with Crippen LogP contribution in [0.3, 0.4) is 0 Å². The molecule has 1 aliphatic heterocycles. The lowest BCUT2D eigenvalue weighted by molar-refractivity contribution is 0.102. The summed E-state index contributed by atoms with van der Waals surface area (Å²) in [6.07, 6.45) is 3.53. The molecule has 0 aromatic carbocycles. The molecule has 0 unspecified atom stereocenters. The number of hydrogen-bond acceptors (Lipinski definition) is 6. The summed E-state index contributed by atoms with van der Waals surface area (Å²) >= 11 is 0. The van der Waals surface area contributed by atoms with Gasteiger partial charge in [0.1, 0.15) is 11.5 Å². The zero-order valence-corrected chi connectivity index (χ0v) is 17.4. The predicted octanol–water partition coefficient (Wildman–Crippen LogP) is 3.05. The molecule has 1 saturated heterocycles. The van der Waals surface area contributed by atoms with Crippen molar-refractivity contribution in [2.75, 3.05) is 36.5 Å². The fourth-order valence-electron chi connectivity index (χ4n) is 3.72. The van der Waals surface area contributed by atoms with Crippen molar-refractivity contribution in [1.82, 2.24) is 25.1 Å². The number of aryl methyl sites for hydroxylation is 1. The van der Waals surface area contributed by atoms with Gasteiger partial charge in [-0.2, -0.15) is 5.10 Å². The molecule has 1 fully saturated rings. The highest BCUT2D eigenvalue weighted by Gasteiger charge is 2.17. The van der Waals surface area contributed by atoms with Gasteiger partial charge in [0, 0.05) is 41.5 Å². The van der Waals surface area contributed by atoms with E-state index in [1.807, 2.05) is 44.3 Å². The third kappa shape index (κ3) is 3.64. The summed E-state index contributed by atoms with van der Waals surface area (Å²) in [5.41, 5.74) is 5.20. The van der Waals surface area contributed by atoms with E-state index in [0.29, 0.717) is 24.6 Å². The molecule has 0 aliphatic carbocycles. The number of anilines is 2. The molecule has 4 aromatic heterocycles. The van der Waals surface area contributed by atoms with Gasteiger partial charge in [-0.3, -0.25) is 9.89 Å². The van der Waals surface area contributed by atoms with Gasteiger partial charge in [-0.15, -0.1) is 0 Å². The first-order valence-corrected chi connectivity index (χ1v) is 10.2. The van der Waals surface area contributed by atoms with Crippen LogP contribution < -0.4 is 10.2 Å². The van der Waals surface area contributed by atoms with Crippen molar-refractivity contribution in [3.05, 3.63) is 53.6 Å². The Morgan fingerprint density at radius 1 is 1.23 bits per heavy atom. The number of aromatic amines is 2. The Labute approximate surface area is 178 Å². The molecule has 0 atom stereocenters. The van der Waals surface area contributed by atoms with Gasteiger partial charge >= 0.3 is 0 Å². The van der Waals surface area contributed by atoms with Gasteiger partial charge in [0.2, 0.25) is 0 Å². The molecule has 158 valence electrons. The number of morpholine rings is 1. The van der Waals surface area contributed by atoms with E-state index in [2.05, 4.69) is 30.4 Å². The Morgan fingerprint density at radius 3 is 2.84 bits per heavy atom. The number of amides is 1. The second kappa shape index (κ2) is 7.84. The summed E-state index contributed by atoms with van der Waals surface area (Å²) in [6.45, 7) is 6.83. The maximum Gasteiger partial charge on any atom is 0.276 e. The van der Waals surface area contributed by atoms with Crippen LogP contribution in [0.2, 0.25) is 0 Å². The number of ether oxygens (including phenoxy) is 1. The Bertz CT molecular complexity index is 1250. The van der Waals surface area contributed by atoms with Crippen molar-refractivity contribution in [2.24, 2.45) is 0 Å². The van der Waals surface area contributed by atoms with Gasteiger partial charge in [-0.05, 0) is 32.0 Å². The number of fused-ring (bicyclic) bond motifs is 1. The highest BCUT2D eigenvalue weighted by molar-refractivity contribution is 6.05. The molecule has 1 amide bonds. The van der Waals surface area contributed by atoms with Crippen LogP contribution in [0.25, 0.3) is 22.3 Å².